The Morgan fingerprint density at radius 3 is 2.53 bits per heavy atom. The predicted molar refractivity (Wildman–Crippen MR) is 68.2 cm³/mol. The fraction of sp³-hybridized carbons (Fsp3) is 0.143. The lowest BCUT2D eigenvalue weighted by Gasteiger charge is -2.10. The van der Waals surface area contributed by atoms with Crippen LogP contribution in [0.4, 0.5) is 11.4 Å². The molecule has 0 spiro atoms. The average molecular weight is 223 g/mol. The number of pyridine rings is 1. The highest BCUT2D eigenvalue weighted by Gasteiger charge is 2.07. The number of aryl methyl sites for hydroxylation is 2. The van der Waals surface area contributed by atoms with E-state index < -0.39 is 0 Å². The van der Waals surface area contributed by atoms with Crippen LogP contribution < -0.4 is 5.32 Å². The van der Waals surface area contributed by atoms with E-state index in [0.717, 1.165) is 22.8 Å². The van der Waals surface area contributed by atoms with Gasteiger partial charge in [-0.05, 0) is 32.0 Å². The van der Waals surface area contributed by atoms with Crippen molar-refractivity contribution in [2.24, 2.45) is 0 Å². The van der Waals surface area contributed by atoms with E-state index in [1.165, 1.54) is 0 Å². The van der Waals surface area contributed by atoms with Gasteiger partial charge in [-0.1, -0.05) is 18.2 Å². The van der Waals surface area contributed by atoms with Gasteiger partial charge in [0.2, 0.25) is 0 Å². The van der Waals surface area contributed by atoms with Gasteiger partial charge in [-0.15, -0.1) is 0 Å². The van der Waals surface area contributed by atoms with Crippen molar-refractivity contribution in [3.63, 3.8) is 0 Å². The zero-order valence-electron chi connectivity index (χ0n) is 9.86. The molecule has 0 saturated heterocycles. The normalized spacial score (nSPS) is 9.71. The molecule has 0 fully saturated rings. The lowest BCUT2D eigenvalue weighted by atomic mass is 10.1. The topological polar surface area (TPSA) is 48.7 Å². The second kappa shape index (κ2) is 4.67. The van der Waals surface area contributed by atoms with E-state index in [4.69, 9.17) is 5.26 Å². The number of rotatable bonds is 2. The molecule has 3 nitrogen and oxygen atoms in total. The summed E-state index contributed by atoms with van der Waals surface area (Å²) < 4.78 is 0. The van der Waals surface area contributed by atoms with Gasteiger partial charge in [0.05, 0.1) is 16.9 Å². The highest BCUT2D eigenvalue weighted by atomic mass is 14.9. The first kappa shape index (κ1) is 11.2. The molecule has 0 atom stereocenters. The molecule has 1 aromatic heterocycles. The highest BCUT2D eigenvalue weighted by Crippen LogP contribution is 2.22. The van der Waals surface area contributed by atoms with Crippen molar-refractivity contribution >= 4 is 11.4 Å². The minimum Gasteiger partial charge on any atom is -0.354 e. The smallest absolute Gasteiger partial charge is 0.103 e. The second-order valence-corrected chi connectivity index (χ2v) is 3.87. The molecule has 0 aliphatic rings. The summed E-state index contributed by atoms with van der Waals surface area (Å²) in [5.41, 5.74) is 4.03. The third-order valence-electron chi connectivity index (χ3n) is 2.49. The first-order valence-electron chi connectivity index (χ1n) is 5.41. The SMILES string of the molecule is Cc1cc(Nc2ccccc2)c(C#N)c(C)n1. The Bertz CT molecular complexity index is 568. The quantitative estimate of drug-likeness (QED) is 0.849. The molecule has 3 heteroatoms. The van der Waals surface area contributed by atoms with E-state index in [-0.39, 0.29) is 0 Å². The van der Waals surface area contributed by atoms with Crippen LogP contribution in [-0.2, 0) is 0 Å². The first-order chi connectivity index (χ1) is 8.20. The lowest BCUT2D eigenvalue weighted by Crippen LogP contribution is -1.99. The number of hydrogen-bond acceptors (Lipinski definition) is 3. The number of anilines is 2. The van der Waals surface area contributed by atoms with Gasteiger partial charge in [0.25, 0.3) is 0 Å². The van der Waals surface area contributed by atoms with Gasteiger partial charge < -0.3 is 5.32 Å². The molecule has 1 aromatic carbocycles. The number of nitrogens with one attached hydrogen (secondary N) is 1. The Kier molecular flexibility index (Phi) is 3.06. The van der Waals surface area contributed by atoms with Crippen LogP contribution in [0.5, 0.6) is 0 Å². The summed E-state index contributed by atoms with van der Waals surface area (Å²) in [6, 6.07) is 13.9. The Hall–Kier alpha value is -2.34. The van der Waals surface area contributed by atoms with E-state index in [1.54, 1.807) is 0 Å². The fourth-order valence-electron chi connectivity index (χ4n) is 1.75. The first-order valence-corrected chi connectivity index (χ1v) is 5.41. The lowest BCUT2D eigenvalue weighted by molar-refractivity contribution is 1.11. The van der Waals surface area contributed by atoms with Gasteiger partial charge in [0.15, 0.2) is 0 Å². The van der Waals surface area contributed by atoms with Gasteiger partial charge in [-0.3, -0.25) is 4.98 Å². The number of nitrogens with zero attached hydrogens (tertiary/aromatic N) is 2. The minimum atomic E-state index is 0.597. The van der Waals surface area contributed by atoms with Crippen LogP contribution in [0.25, 0.3) is 0 Å². The molecule has 84 valence electrons. The monoisotopic (exact) mass is 223 g/mol. The molecule has 0 aliphatic heterocycles. The molecule has 0 radical (unpaired) electrons. The highest BCUT2D eigenvalue weighted by molar-refractivity contribution is 5.67. The predicted octanol–water partition coefficient (Wildman–Crippen LogP) is 3.31. The molecular weight excluding hydrogens is 210 g/mol. The average Bonchev–Trinajstić information content (AvgIpc) is 2.30. The van der Waals surface area contributed by atoms with Crippen molar-refractivity contribution in [3.8, 4) is 6.07 Å². The van der Waals surface area contributed by atoms with Crippen molar-refractivity contribution in [3.05, 3.63) is 53.3 Å². The Morgan fingerprint density at radius 2 is 1.88 bits per heavy atom. The zero-order valence-corrected chi connectivity index (χ0v) is 9.86. The van der Waals surface area contributed by atoms with Crippen LogP contribution in [0.15, 0.2) is 36.4 Å². The maximum Gasteiger partial charge on any atom is 0.103 e. The summed E-state index contributed by atoms with van der Waals surface area (Å²) in [4.78, 5) is 4.28. The van der Waals surface area contributed by atoms with E-state index in [0.29, 0.717) is 5.56 Å². The Labute approximate surface area is 101 Å². The standard InChI is InChI=1S/C14H13N3/c1-10-8-14(13(9-15)11(2)16-10)17-12-6-4-3-5-7-12/h3-8H,1-2H3,(H,16,17). The van der Waals surface area contributed by atoms with Gasteiger partial charge >= 0.3 is 0 Å². The van der Waals surface area contributed by atoms with Crippen LogP contribution >= 0.6 is 0 Å². The Balaban J connectivity index is 2.43. The van der Waals surface area contributed by atoms with E-state index in [9.17, 15) is 0 Å². The molecule has 0 saturated carbocycles. The summed E-state index contributed by atoms with van der Waals surface area (Å²) in [7, 11) is 0. The molecule has 17 heavy (non-hydrogen) atoms. The van der Waals surface area contributed by atoms with Crippen LogP contribution in [0.2, 0.25) is 0 Å². The van der Waals surface area contributed by atoms with Crippen molar-refractivity contribution in [2.75, 3.05) is 5.32 Å². The zero-order chi connectivity index (χ0) is 12.3. The molecule has 0 amide bonds. The summed E-state index contributed by atoms with van der Waals surface area (Å²) in [5.74, 6) is 0. The van der Waals surface area contributed by atoms with Crippen LogP contribution in [0, 0.1) is 25.2 Å². The molecule has 2 rings (SSSR count). The van der Waals surface area contributed by atoms with Crippen molar-refractivity contribution in [1.29, 1.82) is 5.26 Å². The van der Waals surface area contributed by atoms with Gasteiger partial charge in [-0.2, -0.15) is 5.26 Å². The van der Waals surface area contributed by atoms with Gasteiger partial charge in [-0.25, -0.2) is 0 Å². The van der Waals surface area contributed by atoms with E-state index >= 15 is 0 Å². The fourth-order valence-corrected chi connectivity index (χ4v) is 1.75. The summed E-state index contributed by atoms with van der Waals surface area (Å²) >= 11 is 0. The molecular formula is C14H13N3. The molecule has 1 N–H and O–H groups in total. The minimum absolute atomic E-state index is 0.597. The van der Waals surface area contributed by atoms with Gasteiger partial charge in [0, 0.05) is 11.4 Å². The Morgan fingerprint density at radius 1 is 1.18 bits per heavy atom. The summed E-state index contributed by atoms with van der Waals surface area (Å²) in [6.07, 6.45) is 0. The van der Waals surface area contributed by atoms with E-state index in [2.05, 4.69) is 16.4 Å². The third kappa shape index (κ3) is 2.43. The maximum absolute atomic E-state index is 9.14. The van der Waals surface area contributed by atoms with E-state index in [1.807, 2.05) is 50.2 Å². The third-order valence-corrected chi connectivity index (χ3v) is 2.49. The molecule has 0 aliphatic carbocycles. The van der Waals surface area contributed by atoms with Crippen LogP contribution in [-0.4, -0.2) is 4.98 Å². The van der Waals surface area contributed by atoms with Gasteiger partial charge in [0.1, 0.15) is 6.07 Å². The maximum atomic E-state index is 9.14. The van der Waals surface area contributed by atoms with Crippen LogP contribution in [0.1, 0.15) is 17.0 Å². The number of nitriles is 1. The molecule has 2 aromatic rings. The molecule has 0 bridgehead atoms. The van der Waals surface area contributed by atoms with Crippen molar-refractivity contribution in [1.82, 2.24) is 4.98 Å². The summed E-state index contributed by atoms with van der Waals surface area (Å²) in [5, 5.41) is 12.4. The van der Waals surface area contributed by atoms with Crippen LogP contribution in [0.3, 0.4) is 0 Å². The number of benzene rings is 1. The largest absolute Gasteiger partial charge is 0.354 e. The van der Waals surface area contributed by atoms with Crippen molar-refractivity contribution < 1.29 is 0 Å². The molecule has 1 heterocycles. The molecule has 0 unspecified atom stereocenters. The summed E-state index contributed by atoms with van der Waals surface area (Å²) in [6.45, 7) is 3.77. The van der Waals surface area contributed by atoms with Crippen molar-refractivity contribution in [2.45, 2.75) is 13.8 Å². The number of para-hydroxylation sites is 1. The number of aromatic nitrogens is 1. The number of hydrogen-bond donors (Lipinski definition) is 1. The second-order valence-electron chi connectivity index (χ2n) is 3.87.